The molecule has 0 saturated carbocycles. The van der Waals surface area contributed by atoms with E-state index in [4.69, 9.17) is 9.47 Å². The van der Waals surface area contributed by atoms with E-state index in [2.05, 4.69) is 9.97 Å². The summed E-state index contributed by atoms with van der Waals surface area (Å²) in [5.41, 5.74) is 0. The Balaban J connectivity index is 1.91. The van der Waals surface area contributed by atoms with Crippen molar-refractivity contribution >= 4 is 6.16 Å². The monoisotopic (exact) mass is 192 g/mol. The third-order valence-corrected chi connectivity index (χ3v) is 1.53. The second-order valence-electron chi connectivity index (χ2n) is 2.52. The fourth-order valence-corrected chi connectivity index (χ4v) is 0.955. The van der Waals surface area contributed by atoms with Crippen LogP contribution in [-0.2, 0) is 0 Å². The molecule has 0 spiro atoms. The lowest BCUT2D eigenvalue weighted by Crippen LogP contribution is -2.13. The highest BCUT2D eigenvalue weighted by molar-refractivity contribution is 5.65. The average Bonchev–Trinajstić information content (AvgIpc) is 2.76. The molecule has 2 aromatic rings. The van der Waals surface area contributed by atoms with Crippen molar-refractivity contribution < 1.29 is 14.3 Å². The summed E-state index contributed by atoms with van der Waals surface area (Å²) in [6.07, 6.45) is 2.52. The summed E-state index contributed by atoms with van der Waals surface area (Å²) >= 11 is 0. The van der Waals surface area contributed by atoms with Crippen LogP contribution in [0.2, 0.25) is 0 Å². The maximum Gasteiger partial charge on any atom is 0.521 e. The Bertz CT molecular complexity index is 353. The minimum Gasteiger partial charge on any atom is -0.378 e. The van der Waals surface area contributed by atoms with Gasteiger partial charge in [-0.1, -0.05) is 0 Å². The van der Waals surface area contributed by atoms with Gasteiger partial charge in [0.15, 0.2) is 0 Å². The van der Waals surface area contributed by atoms with Crippen LogP contribution in [0.25, 0.3) is 0 Å². The molecule has 2 N–H and O–H groups in total. The molecule has 0 aromatic carbocycles. The summed E-state index contributed by atoms with van der Waals surface area (Å²) in [7, 11) is 0. The molecule has 2 rings (SSSR count). The van der Waals surface area contributed by atoms with Crippen LogP contribution < -0.4 is 9.47 Å². The van der Waals surface area contributed by atoms with Gasteiger partial charge in [0.1, 0.15) is 0 Å². The first kappa shape index (κ1) is 8.43. The molecule has 72 valence electrons. The van der Waals surface area contributed by atoms with Crippen molar-refractivity contribution in [3.63, 3.8) is 0 Å². The number of hydrogen-bond acceptors (Lipinski definition) is 3. The predicted molar refractivity (Wildman–Crippen MR) is 48.2 cm³/mol. The van der Waals surface area contributed by atoms with Gasteiger partial charge in [0.2, 0.25) is 11.8 Å². The van der Waals surface area contributed by atoms with Crippen LogP contribution in [-0.4, -0.2) is 16.1 Å². The van der Waals surface area contributed by atoms with Gasteiger partial charge in [0.25, 0.3) is 0 Å². The lowest BCUT2D eigenvalue weighted by Gasteiger charge is -2.00. The van der Waals surface area contributed by atoms with E-state index >= 15 is 0 Å². The number of aromatic amines is 2. The van der Waals surface area contributed by atoms with Crippen molar-refractivity contribution in [1.82, 2.24) is 9.97 Å². The van der Waals surface area contributed by atoms with Gasteiger partial charge < -0.3 is 19.4 Å². The smallest absolute Gasteiger partial charge is 0.378 e. The third kappa shape index (κ3) is 1.95. The molecule has 2 heterocycles. The predicted octanol–water partition coefficient (Wildman–Crippen LogP) is 1.92. The lowest BCUT2D eigenvalue weighted by atomic mass is 10.6. The van der Waals surface area contributed by atoms with Crippen molar-refractivity contribution in [2.75, 3.05) is 0 Å². The van der Waals surface area contributed by atoms with Crippen LogP contribution >= 0.6 is 0 Å². The Morgan fingerprint density at radius 2 is 1.50 bits per heavy atom. The summed E-state index contributed by atoms with van der Waals surface area (Å²) < 4.78 is 9.58. The Morgan fingerprint density at radius 3 is 1.86 bits per heavy atom. The van der Waals surface area contributed by atoms with Crippen molar-refractivity contribution in [3.05, 3.63) is 36.7 Å². The van der Waals surface area contributed by atoms with E-state index < -0.39 is 6.16 Å². The molecule has 2 aromatic heterocycles. The maximum atomic E-state index is 11.1. The molecular formula is C9H8N2O3. The van der Waals surface area contributed by atoms with Crippen molar-refractivity contribution in [2.24, 2.45) is 0 Å². The first-order valence-corrected chi connectivity index (χ1v) is 4.01. The van der Waals surface area contributed by atoms with Gasteiger partial charge >= 0.3 is 6.16 Å². The summed E-state index contributed by atoms with van der Waals surface area (Å²) in [5, 5.41) is 0. The van der Waals surface area contributed by atoms with E-state index in [-0.39, 0.29) is 0 Å². The van der Waals surface area contributed by atoms with Crippen molar-refractivity contribution in [1.29, 1.82) is 0 Å². The highest BCUT2D eigenvalue weighted by Gasteiger charge is 2.07. The van der Waals surface area contributed by atoms with E-state index in [0.29, 0.717) is 11.8 Å². The zero-order valence-electron chi connectivity index (χ0n) is 7.19. The number of rotatable bonds is 2. The molecular weight excluding hydrogens is 184 g/mol. The molecule has 0 amide bonds. The van der Waals surface area contributed by atoms with Crippen molar-refractivity contribution in [2.45, 2.75) is 0 Å². The van der Waals surface area contributed by atoms with Crippen LogP contribution in [0.15, 0.2) is 36.7 Å². The highest BCUT2D eigenvalue weighted by Crippen LogP contribution is 2.09. The standard InChI is InChI=1S/C9H8N2O3/c12-9(13-7-3-1-5-10-7)14-8-4-2-6-11-8/h1-6,10-11H. The molecule has 0 unspecified atom stereocenters. The topological polar surface area (TPSA) is 67.1 Å². The fraction of sp³-hybridized carbons (Fsp3) is 0. The Morgan fingerprint density at radius 1 is 1.00 bits per heavy atom. The van der Waals surface area contributed by atoms with E-state index in [0.717, 1.165) is 0 Å². The average molecular weight is 192 g/mol. The fourth-order valence-electron chi connectivity index (χ4n) is 0.955. The zero-order valence-corrected chi connectivity index (χ0v) is 7.19. The molecule has 5 nitrogen and oxygen atoms in total. The second-order valence-corrected chi connectivity index (χ2v) is 2.52. The maximum absolute atomic E-state index is 11.1. The van der Waals surface area contributed by atoms with E-state index in [1.807, 2.05) is 0 Å². The van der Waals surface area contributed by atoms with Gasteiger partial charge in [-0.3, -0.25) is 0 Å². The molecule has 0 saturated heterocycles. The molecule has 0 aliphatic heterocycles. The van der Waals surface area contributed by atoms with Crippen LogP contribution in [0, 0.1) is 0 Å². The van der Waals surface area contributed by atoms with Gasteiger partial charge in [0.05, 0.1) is 0 Å². The second kappa shape index (κ2) is 3.69. The summed E-state index contributed by atoms with van der Waals surface area (Å²) in [6.45, 7) is 0. The molecule has 0 aliphatic carbocycles. The van der Waals surface area contributed by atoms with Gasteiger partial charge in [0, 0.05) is 24.5 Å². The first-order valence-electron chi connectivity index (χ1n) is 4.01. The van der Waals surface area contributed by atoms with Gasteiger partial charge in [-0.25, -0.2) is 4.79 Å². The van der Waals surface area contributed by atoms with E-state index in [9.17, 15) is 4.79 Å². The molecule has 0 atom stereocenters. The third-order valence-electron chi connectivity index (χ3n) is 1.53. The minimum atomic E-state index is -0.782. The Kier molecular flexibility index (Phi) is 2.22. The molecule has 0 bridgehead atoms. The SMILES string of the molecule is O=C(Oc1ccc[nH]1)Oc1ccc[nH]1. The summed E-state index contributed by atoms with van der Waals surface area (Å²) in [4.78, 5) is 16.5. The zero-order chi connectivity index (χ0) is 9.80. The molecule has 5 heteroatoms. The quantitative estimate of drug-likeness (QED) is 0.714. The molecule has 0 fully saturated rings. The number of H-pyrrole nitrogens is 2. The van der Waals surface area contributed by atoms with Crippen LogP contribution in [0.1, 0.15) is 0 Å². The Hall–Kier alpha value is -2.17. The summed E-state index contributed by atoms with van der Waals surface area (Å²) in [6, 6.07) is 6.68. The summed E-state index contributed by atoms with van der Waals surface area (Å²) in [5.74, 6) is 0.697. The normalized spacial score (nSPS) is 9.71. The van der Waals surface area contributed by atoms with Crippen LogP contribution in [0.3, 0.4) is 0 Å². The number of carbonyl (C=O) groups is 1. The van der Waals surface area contributed by atoms with Gasteiger partial charge in [-0.15, -0.1) is 0 Å². The van der Waals surface area contributed by atoms with Crippen molar-refractivity contribution in [3.8, 4) is 11.8 Å². The van der Waals surface area contributed by atoms with E-state index in [1.54, 1.807) is 36.7 Å². The number of hydrogen-bond donors (Lipinski definition) is 2. The molecule has 0 radical (unpaired) electrons. The lowest BCUT2D eigenvalue weighted by molar-refractivity contribution is 0.148. The van der Waals surface area contributed by atoms with E-state index in [1.165, 1.54) is 0 Å². The molecule has 0 aliphatic rings. The number of nitrogens with one attached hydrogen (secondary N) is 2. The van der Waals surface area contributed by atoms with Gasteiger partial charge in [-0.2, -0.15) is 0 Å². The molecule has 14 heavy (non-hydrogen) atoms. The first-order chi connectivity index (χ1) is 6.84. The number of carbonyl (C=O) groups excluding carboxylic acids is 1. The number of ether oxygens (including phenoxy) is 2. The van der Waals surface area contributed by atoms with Gasteiger partial charge in [-0.05, 0) is 12.1 Å². The largest absolute Gasteiger partial charge is 0.521 e. The van der Waals surface area contributed by atoms with Crippen LogP contribution in [0.4, 0.5) is 4.79 Å². The number of aromatic nitrogens is 2. The van der Waals surface area contributed by atoms with Crippen LogP contribution in [0.5, 0.6) is 11.8 Å². The Labute approximate surface area is 79.7 Å². The highest BCUT2D eigenvalue weighted by atomic mass is 16.7. The minimum absolute atomic E-state index is 0.349.